The summed E-state index contributed by atoms with van der Waals surface area (Å²) >= 11 is 0. The molecule has 0 radical (unpaired) electrons. The van der Waals surface area contributed by atoms with Crippen LogP contribution in [0, 0.1) is 31.1 Å². The Hall–Kier alpha value is -3.85. The quantitative estimate of drug-likeness (QED) is 0.532. The molecule has 2 aliphatic rings. The number of likely N-dealkylation sites (tertiary alicyclic amines) is 2. The van der Waals surface area contributed by atoms with Crippen LogP contribution in [-0.2, 0) is 11.3 Å². The molecule has 1 aromatic carbocycles. The SMILES string of the molecule is Cc1cc(C(=O)N2CCC3(CCN(C(=O)C#Cc4ccccc4)CC3)C2)c(C)n1Cc1ccncc1. The number of carbonyl (C=O) groups is 2. The molecule has 1 spiro atoms. The molecule has 184 valence electrons. The maximum atomic E-state index is 13.5. The highest BCUT2D eigenvalue weighted by atomic mass is 16.2. The number of carbonyl (C=O) groups excluding carboxylic acids is 2. The molecule has 3 aromatic rings. The van der Waals surface area contributed by atoms with Gasteiger partial charge in [0.2, 0.25) is 0 Å². The number of aryl methyl sites for hydroxylation is 1. The third-order valence-electron chi connectivity index (χ3n) is 7.82. The summed E-state index contributed by atoms with van der Waals surface area (Å²) in [6, 6.07) is 15.6. The summed E-state index contributed by atoms with van der Waals surface area (Å²) in [5.74, 6) is 5.77. The third kappa shape index (κ3) is 4.92. The molecule has 2 fully saturated rings. The van der Waals surface area contributed by atoms with Gasteiger partial charge >= 0.3 is 0 Å². The van der Waals surface area contributed by atoms with E-state index < -0.39 is 0 Å². The summed E-state index contributed by atoms with van der Waals surface area (Å²) in [5, 5.41) is 0. The summed E-state index contributed by atoms with van der Waals surface area (Å²) in [4.78, 5) is 34.1. The van der Waals surface area contributed by atoms with Gasteiger partial charge in [-0.1, -0.05) is 24.1 Å². The van der Waals surface area contributed by atoms with Crippen molar-refractivity contribution in [2.24, 2.45) is 5.41 Å². The van der Waals surface area contributed by atoms with E-state index in [1.165, 1.54) is 5.56 Å². The fraction of sp³-hybridized carbons (Fsp3) is 0.367. The van der Waals surface area contributed by atoms with Gasteiger partial charge in [0.15, 0.2) is 0 Å². The Morgan fingerprint density at radius 3 is 2.31 bits per heavy atom. The smallest absolute Gasteiger partial charge is 0.298 e. The number of aromatic nitrogens is 2. The molecule has 6 nitrogen and oxygen atoms in total. The van der Waals surface area contributed by atoms with Crippen LogP contribution in [0.25, 0.3) is 0 Å². The Balaban J connectivity index is 1.20. The van der Waals surface area contributed by atoms with Gasteiger partial charge in [-0.2, -0.15) is 0 Å². The molecule has 2 aromatic heterocycles. The topological polar surface area (TPSA) is 58.4 Å². The second-order valence-electron chi connectivity index (χ2n) is 10.1. The number of pyridine rings is 1. The summed E-state index contributed by atoms with van der Waals surface area (Å²) in [5.41, 5.74) is 5.01. The lowest BCUT2D eigenvalue weighted by Crippen LogP contribution is -2.44. The first-order valence-corrected chi connectivity index (χ1v) is 12.7. The van der Waals surface area contributed by atoms with Gasteiger partial charge in [-0.3, -0.25) is 14.6 Å². The standard InChI is InChI=1S/C30H32N4O2/c1-23-20-27(24(2)34(23)21-26-10-15-31-16-11-26)29(36)33-19-14-30(22-33)12-17-32(18-13-30)28(35)9-8-25-6-4-3-5-7-25/h3-7,10-11,15-16,20H,12-14,17-19,21-22H2,1-2H3. The maximum Gasteiger partial charge on any atom is 0.298 e. The van der Waals surface area contributed by atoms with Crippen LogP contribution >= 0.6 is 0 Å². The van der Waals surface area contributed by atoms with Crippen molar-refractivity contribution in [2.45, 2.75) is 39.7 Å². The van der Waals surface area contributed by atoms with Crippen LogP contribution in [0.5, 0.6) is 0 Å². The second kappa shape index (κ2) is 10.0. The summed E-state index contributed by atoms with van der Waals surface area (Å²) in [6.45, 7) is 7.76. The fourth-order valence-electron chi connectivity index (χ4n) is 5.53. The highest BCUT2D eigenvalue weighted by molar-refractivity contribution is 5.96. The van der Waals surface area contributed by atoms with Crippen molar-refractivity contribution in [3.63, 3.8) is 0 Å². The molecule has 0 aliphatic carbocycles. The van der Waals surface area contributed by atoms with E-state index in [-0.39, 0.29) is 17.2 Å². The van der Waals surface area contributed by atoms with Crippen molar-refractivity contribution in [3.8, 4) is 11.8 Å². The van der Waals surface area contributed by atoms with Crippen LogP contribution in [0.3, 0.4) is 0 Å². The van der Waals surface area contributed by atoms with E-state index in [9.17, 15) is 9.59 Å². The Kier molecular flexibility index (Phi) is 6.65. The van der Waals surface area contributed by atoms with E-state index in [1.54, 1.807) is 12.4 Å². The molecule has 6 heteroatoms. The van der Waals surface area contributed by atoms with Gasteiger partial charge in [0.1, 0.15) is 0 Å². The first kappa shape index (κ1) is 23.9. The minimum absolute atomic E-state index is 0.0991. The van der Waals surface area contributed by atoms with Gasteiger partial charge in [0.05, 0.1) is 5.56 Å². The van der Waals surface area contributed by atoms with Gasteiger partial charge in [0.25, 0.3) is 11.8 Å². The molecule has 0 N–H and O–H groups in total. The van der Waals surface area contributed by atoms with E-state index in [1.807, 2.05) is 65.3 Å². The van der Waals surface area contributed by atoms with E-state index >= 15 is 0 Å². The van der Waals surface area contributed by atoms with E-state index in [0.717, 1.165) is 61.4 Å². The minimum atomic E-state index is -0.110. The largest absolute Gasteiger partial charge is 0.344 e. The highest BCUT2D eigenvalue weighted by Gasteiger charge is 2.43. The predicted octanol–water partition coefficient (Wildman–Crippen LogP) is 4.05. The average molecular weight is 481 g/mol. The van der Waals surface area contributed by atoms with Crippen LogP contribution in [0.4, 0.5) is 0 Å². The first-order chi connectivity index (χ1) is 17.4. The van der Waals surface area contributed by atoms with Gasteiger partial charge in [-0.05, 0) is 74.4 Å². The zero-order chi connectivity index (χ0) is 25.1. The molecule has 2 saturated heterocycles. The molecule has 36 heavy (non-hydrogen) atoms. The lowest BCUT2D eigenvalue weighted by Gasteiger charge is -2.38. The Bertz CT molecular complexity index is 1310. The molecule has 0 unspecified atom stereocenters. The highest BCUT2D eigenvalue weighted by Crippen LogP contribution is 2.41. The van der Waals surface area contributed by atoms with Gasteiger partial charge < -0.3 is 14.4 Å². The molecule has 0 bridgehead atoms. The van der Waals surface area contributed by atoms with Crippen LogP contribution in [0.2, 0.25) is 0 Å². The number of amides is 2. The van der Waals surface area contributed by atoms with Crippen LogP contribution in [0.15, 0.2) is 60.9 Å². The van der Waals surface area contributed by atoms with Crippen LogP contribution in [-0.4, -0.2) is 57.3 Å². The maximum absolute atomic E-state index is 13.5. The zero-order valence-electron chi connectivity index (χ0n) is 21.0. The average Bonchev–Trinajstić information content (AvgIpc) is 3.45. The van der Waals surface area contributed by atoms with Crippen molar-refractivity contribution in [3.05, 3.63) is 89.0 Å². The van der Waals surface area contributed by atoms with Crippen molar-refractivity contribution >= 4 is 11.8 Å². The Labute approximate surface area is 212 Å². The normalized spacial score (nSPS) is 16.6. The van der Waals surface area contributed by atoms with Gasteiger partial charge in [-0.25, -0.2) is 0 Å². The fourth-order valence-corrected chi connectivity index (χ4v) is 5.53. The van der Waals surface area contributed by atoms with Crippen LogP contribution in [0.1, 0.15) is 52.1 Å². The molecule has 5 rings (SSSR count). The molecular formula is C30H32N4O2. The summed E-state index contributed by atoms with van der Waals surface area (Å²) in [6.07, 6.45) is 6.42. The van der Waals surface area contributed by atoms with Crippen molar-refractivity contribution in [1.82, 2.24) is 19.4 Å². The van der Waals surface area contributed by atoms with E-state index in [4.69, 9.17) is 0 Å². The second-order valence-corrected chi connectivity index (χ2v) is 10.1. The van der Waals surface area contributed by atoms with Crippen molar-refractivity contribution < 1.29 is 9.59 Å². The Morgan fingerprint density at radius 2 is 1.61 bits per heavy atom. The lowest BCUT2D eigenvalue weighted by atomic mass is 9.78. The zero-order valence-corrected chi connectivity index (χ0v) is 21.0. The van der Waals surface area contributed by atoms with Crippen molar-refractivity contribution in [2.75, 3.05) is 26.2 Å². The summed E-state index contributed by atoms with van der Waals surface area (Å²) in [7, 11) is 0. The number of hydrogen-bond donors (Lipinski definition) is 0. The number of benzene rings is 1. The van der Waals surface area contributed by atoms with Crippen molar-refractivity contribution in [1.29, 1.82) is 0 Å². The minimum Gasteiger partial charge on any atom is -0.344 e. The molecule has 0 saturated carbocycles. The van der Waals surface area contributed by atoms with Gasteiger partial charge in [0, 0.05) is 68.0 Å². The molecule has 2 aliphatic heterocycles. The van der Waals surface area contributed by atoms with E-state index in [2.05, 4.69) is 28.3 Å². The number of nitrogens with zero attached hydrogens (tertiary/aromatic N) is 4. The number of piperidine rings is 1. The molecule has 0 atom stereocenters. The molecule has 4 heterocycles. The number of rotatable bonds is 3. The van der Waals surface area contributed by atoms with Crippen LogP contribution < -0.4 is 0 Å². The van der Waals surface area contributed by atoms with E-state index in [0.29, 0.717) is 13.1 Å². The predicted molar refractivity (Wildman–Crippen MR) is 139 cm³/mol. The number of hydrogen-bond acceptors (Lipinski definition) is 3. The summed E-state index contributed by atoms with van der Waals surface area (Å²) < 4.78 is 2.20. The third-order valence-corrected chi connectivity index (χ3v) is 7.82. The lowest BCUT2D eigenvalue weighted by molar-refractivity contribution is -0.127. The monoisotopic (exact) mass is 480 g/mol. The Morgan fingerprint density at radius 1 is 0.944 bits per heavy atom. The van der Waals surface area contributed by atoms with Gasteiger partial charge in [-0.15, -0.1) is 0 Å². The molecular weight excluding hydrogens is 448 g/mol. The molecule has 2 amide bonds. The first-order valence-electron chi connectivity index (χ1n) is 12.7.